The van der Waals surface area contributed by atoms with Crippen LogP contribution in [0.1, 0.15) is 30.0 Å². The molecule has 0 spiro atoms. The Labute approximate surface area is 189 Å². The van der Waals surface area contributed by atoms with Gasteiger partial charge in [0.2, 0.25) is 0 Å². The van der Waals surface area contributed by atoms with Gasteiger partial charge in [0.05, 0.1) is 0 Å². The number of aryl methyl sites for hydroxylation is 1. The zero-order valence-corrected chi connectivity index (χ0v) is 18.7. The highest BCUT2D eigenvalue weighted by molar-refractivity contribution is 6.35. The quantitative estimate of drug-likeness (QED) is 0.375. The SMILES string of the molecule is CC(CCc1ccccc1)NCc1cccc(OCc2ccc(Cl)cc2Cl)c1.Cl. The van der Waals surface area contributed by atoms with E-state index in [9.17, 15) is 0 Å². The summed E-state index contributed by atoms with van der Waals surface area (Å²) in [7, 11) is 0. The first-order valence-corrected chi connectivity index (χ1v) is 10.3. The van der Waals surface area contributed by atoms with Gasteiger partial charge in [0, 0.05) is 28.2 Å². The Bertz CT molecular complexity index is 886. The molecule has 0 saturated heterocycles. The van der Waals surface area contributed by atoms with Crippen LogP contribution in [-0.2, 0) is 19.6 Å². The van der Waals surface area contributed by atoms with Crippen LogP contribution in [0.4, 0.5) is 0 Å². The molecule has 0 aliphatic carbocycles. The van der Waals surface area contributed by atoms with Crippen LogP contribution in [0.5, 0.6) is 5.75 Å². The highest BCUT2D eigenvalue weighted by Crippen LogP contribution is 2.23. The largest absolute Gasteiger partial charge is 0.489 e. The van der Waals surface area contributed by atoms with E-state index in [1.165, 1.54) is 11.1 Å². The summed E-state index contributed by atoms with van der Waals surface area (Å²) in [4.78, 5) is 0. The van der Waals surface area contributed by atoms with Gasteiger partial charge in [-0.1, -0.05) is 71.7 Å². The smallest absolute Gasteiger partial charge is 0.120 e. The van der Waals surface area contributed by atoms with Crippen LogP contribution in [0.3, 0.4) is 0 Å². The molecule has 1 atom stereocenters. The van der Waals surface area contributed by atoms with Gasteiger partial charge in [-0.3, -0.25) is 0 Å². The van der Waals surface area contributed by atoms with E-state index in [0.29, 0.717) is 22.7 Å². The maximum absolute atomic E-state index is 6.21. The number of benzene rings is 3. The zero-order valence-electron chi connectivity index (χ0n) is 16.4. The molecular weight excluding hydrogens is 425 g/mol. The summed E-state index contributed by atoms with van der Waals surface area (Å²) >= 11 is 12.2. The molecule has 154 valence electrons. The maximum atomic E-state index is 6.21. The van der Waals surface area contributed by atoms with Crippen molar-refractivity contribution in [2.24, 2.45) is 0 Å². The molecule has 0 aliphatic rings. The molecular formula is C24H26Cl3NO. The summed E-state index contributed by atoms with van der Waals surface area (Å²) in [5.74, 6) is 0.835. The lowest BCUT2D eigenvalue weighted by molar-refractivity contribution is 0.306. The van der Waals surface area contributed by atoms with Gasteiger partial charge in [0.1, 0.15) is 12.4 Å². The monoisotopic (exact) mass is 449 g/mol. The third kappa shape index (κ3) is 7.91. The Balaban J connectivity index is 0.00000300. The highest BCUT2D eigenvalue weighted by atomic mass is 35.5. The van der Waals surface area contributed by atoms with Gasteiger partial charge in [-0.25, -0.2) is 0 Å². The summed E-state index contributed by atoms with van der Waals surface area (Å²) in [6, 6.07) is 24.7. The molecule has 5 heteroatoms. The Hall–Kier alpha value is -1.71. The van der Waals surface area contributed by atoms with E-state index in [1.54, 1.807) is 6.07 Å². The van der Waals surface area contributed by atoms with Crippen LogP contribution in [0, 0.1) is 0 Å². The minimum Gasteiger partial charge on any atom is -0.489 e. The predicted molar refractivity (Wildman–Crippen MR) is 126 cm³/mol. The molecule has 3 aromatic rings. The molecule has 29 heavy (non-hydrogen) atoms. The summed E-state index contributed by atoms with van der Waals surface area (Å²) in [5, 5.41) is 4.84. The standard InChI is InChI=1S/C24H25Cl2NO.ClH/c1-18(10-11-19-6-3-2-4-7-19)27-16-20-8-5-9-23(14-20)28-17-21-12-13-22(25)15-24(21)26;/h2-9,12-15,18,27H,10-11,16-17H2,1H3;1H. The lowest BCUT2D eigenvalue weighted by Gasteiger charge is -2.15. The van der Waals surface area contributed by atoms with Gasteiger partial charge in [-0.05, 0) is 55.2 Å². The van der Waals surface area contributed by atoms with Crippen molar-refractivity contribution < 1.29 is 4.74 Å². The Morgan fingerprint density at radius 3 is 2.41 bits per heavy atom. The van der Waals surface area contributed by atoms with Gasteiger partial charge in [-0.2, -0.15) is 0 Å². The predicted octanol–water partition coefficient (Wildman–Crippen LogP) is 7.11. The van der Waals surface area contributed by atoms with Gasteiger partial charge in [0.25, 0.3) is 0 Å². The van der Waals surface area contributed by atoms with Crippen molar-refractivity contribution >= 4 is 35.6 Å². The molecule has 0 aromatic heterocycles. The molecule has 0 bridgehead atoms. The Morgan fingerprint density at radius 1 is 0.897 bits per heavy atom. The van der Waals surface area contributed by atoms with E-state index < -0.39 is 0 Å². The Kier molecular flexibility index (Phi) is 9.83. The van der Waals surface area contributed by atoms with Crippen LogP contribution >= 0.6 is 35.6 Å². The van der Waals surface area contributed by atoms with E-state index in [-0.39, 0.29) is 12.4 Å². The van der Waals surface area contributed by atoms with E-state index in [0.717, 1.165) is 30.7 Å². The third-order valence-electron chi connectivity index (χ3n) is 4.67. The minimum atomic E-state index is 0. The molecule has 0 saturated carbocycles. The highest BCUT2D eigenvalue weighted by Gasteiger charge is 2.05. The fourth-order valence-corrected chi connectivity index (χ4v) is 3.43. The van der Waals surface area contributed by atoms with Crippen LogP contribution in [0.15, 0.2) is 72.8 Å². The van der Waals surface area contributed by atoms with Crippen LogP contribution in [0.2, 0.25) is 10.0 Å². The van der Waals surface area contributed by atoms with Gasteiger partial charge >= 0.3 is 0 Å². The second-order valence-corrected chi connectivity index (χ2v) is 7.82. The lowest BCUT2D eigenvalue weighted by Crippen LogP contribution is -2.25. The fraction of sp³-hybridized carbons (Fsp3) is 0.250. The van der Waals surface area contributed by atoms with E-state index in [1.807, 2.05) is 24.3 Å². The molecule has 0 heterocycles. The summed E-state index contributed by atoms with van der Waals surface area (Å²) in [6.07, 6.45) is 2.19. The second kappa shape index (κ2) is 12.1. The summed E-state index contributed by atoms with van der Waals surface area (Å²) in [5.41, 5.74) is 3.50. The average Bonchev–Trinajstić information content (AvgIpc) is 2.71. The lowest BCUT2D eigenvalue weighted by atomic mass is 10.1. The molecule has 0 radical (unpaired) electrons. The number of nitrogens with one attached hydrogen (secondary N) is 1. The van der Waals surface area contributed by atoms with Crippen LogP contribution in [-0.4, -0.2) is 6.04 Å². The van der Waals surface area contributed by atoms with Crippen LogP contribution in [0.25, 0.3) is 0 Å². The van der Waals surface area contributed by atoms with Crippen LogP contribution < -0.4 is 10.1 Å². The fourth-order valence-electron chi connectivity index (χ4n) is 2.97. The van der Waals surface area contributed by atoms with Crippen molar-refractivity contribution in [3.63, 3.8) is 0 Å². The number of hydrogen-bond donors (Lipinski definition) is 1. The molecule has 0 aliphatic heterocycles. The van der Waals surface area contributed by atoms with Crippen molar-refractivity contribution in [3.05, 3.63) is 99.5 Å². The first-order valence-electron chi connectivity index (χ1n) is 9.53. The molecule has 1 unspecified atom stereocenters. The minimum absolute atomic E-state index is 0. The first-order chi connectivity index (χ1) is 13.6. The number of halogens is 3. The van der Waals surface area contributed by atoms with Crippen molar-refractivity contribution in [3.8, 4) is 5.75 Å². The van der Waals surface area contributed by atoms with Gasteiger partial charge < -0.3 is 10.1 Å². The molecule has 0 amide bonds. The number of ether oxygens (including phenoxy) is 1. The first kappa shape index (κ1) is 23.6. The molecule has 0 fully saturated rings. The van der Waals surface area contributed by atoms with E-state index in [4.69, 9.17) is 27.9 Å². The van der Waals surface area contributed by atoms with Crippen molar-refractivity contribution in [2.75, 3.05) is 0 Å². The average molecular weight is 451 g/mol. The second-order valence-electron chi connectivity index (χ2n) is 6.98. The zero-order chi connectivity index (χ0) is 19.8. The van der Waals surface area contributed by atoms with Gasteiger partial charge in [0.15, 0.2) is 0 Å². The number of hydrogen-bond acceptors (Lipinski definition) is 2. The van der Waals surface area contributed by atoms with Crippen molar-refractivity contribution in [1.29, 1.82) is 0 Å². The molecule has 3 rings (SSSR count). The third-order valence-corrected chi connectivity index (χ3v) is 5.26. The molecule has 2 nitrogen and oxygen atoms in total. The van der Waals surface area contributed by atoms with E-state index >= 15 is 0 Å². The van der Waals surface area contributed by atoms with Gasteiger partial charge in [-0.15, -0.1) is 12.4 Å². The maximum Gasteiger partial charge on any atom is 0.120 e. The summed E-state index contributed by atoms with van der Waals surface area (Å²) in [6.45, 7) is 3.46. The van der Waals surface area contributed by atoms with Crippen molar-refractivity contribution in [2.45, 2.75) is 39.0 Å². The topological polar surface area (TPSA) is 21.3 Å². The normalized spacial score (nSPS) is 11.6. The van der Waals surface area contributed by atoms with Crippen molar-refractivity contribution in [1.82, 2.24) is 5.32 Å². The molecule has 1 N–H and O–H groups in total. The molecule has 3 aromatic carbocycles. The summed E-state index contributed by atoms with van der Waals surface area (Å²) < 4.78 is 5.91. The van der Waals surface area contributed by atoms with E-state index in [2.05, 4.69) is 54.7 Å². The Morgan fingerprint density at radius 2 is 1.66 bits per heavy atom. The number of rotatable bonds is 9.